The number of methoxy groups -OCH3 is 1. The van der Waals surface area contributed by atoms with Crippen LogP contribution in [0.1, 0.15) is 25.7 Å². The number of fused-ring (bicyclic) bond motifs is 1. The largest absolute Gasteiger partial charge is 0.469 e. The van der Waals surface area contributed by atoms with Crippen LogP contribution in [0.4, 0.5) is 0 Å². The molecule has 1 fully saturated rings. The van der Waals surface area contributed by atoms with Gasteiger partial charge in [-0.2, -0.15) is 0 Å². The summed E-state index contributed by atoms with van der Waals surface area (Å²) in [4.78, 5) is 40.8. The van der Waals surface area contributed by atoms with Gasteiger partial charge in [-0.15, -0.1) is 0 Å². The van der Waals surface area contributed by atoms with Crippen molar-refractivity contribution in [1.82, 2.24) is 14.9 Å². The molecule has 1 N–H and O–H groups in total. The number of hydrogen-bond donors (Lipinski definition) is 1. The van der Waals surface area contributed by atoms with Gasteiger partial charge in [-0.1, -0.05) is 23.9 Å². The maximum absolute atomic E-state index is 13.0. The summed E-state index contributed by atoms with van der Waals surface area (Å²) in [6.07, 6.45) is 2.65. The molecule has 3 rings (SSSR count). The summed E-state index contributed by atoms with van der Waals surface area (Å²) in [5, 5.41) is 3.84. The number of para-hydroxylation sites is 1. The highest BCUT2D eigenvalue weighted by Gasteiger charge is 2.20. The normalized spacial score (nSPS) is 16.1. The van der Waals surface area contributed by atoms with Crippen LogP contribution in [0, 0.1) is 0 Å². The Labute approximate surface area is 173 Å². The molecule has 0 radical (unpaired) electrons. The minimum absolute atomic E-state index is 0.0119. The number of nitrogens with one attached hydrogen (secondary N) is 1. The van der Waals surface area contributed by atoms with Gasteiger partial charge in [-0.25, -0.2) is 4.98 Å². The molecular formula is C20H25N3O5S. The third-order valence-electron chi connectivity index (χ3n) is 4.68. The maximum Gasteiger partial charge on any atom is 0.305 e. The van der Waals surface area contributed by atoms with Gasteiger partial charge in [0.1, 0.15) is 0 Å². The van der Waals surface area contributed by atoms with Crippen LogP contribution >= 0.6 is 11.8 Å². The van der Waals surface area contributed by atoms with Gasteiger partial charge < -0.3 is 14.8 Å². The van der Waals surface area contributed by atoms with Crippen molar-refractivity contribution in [3.8, 4) is 0 Å². The molecule has 1 aromatic carbocycles. The summed E-state index contributed by atoms with van der Waals surface area (Å²) >= 11 is 1.23. The van der Waals surface area contributed by atoms with Gasteiger partial charge in [0.15, 0.2) is 5.16 Å². The monoisotopic (exact) mass is 419 g/mol. The van der Waals surface area contributed by atoms with Crippen molar-refractivity contribution >= 4 is 34.5 Å². The topological polar surface area (TPSA) is 99.5 Å². The van der Waals surface area contributed by atoms with Gasteiger partial charge in [0.25, 0.3) is 5.56 Å². The molecule has 8 nitrogen and oxygen atoms in total. The molecule has 1 saturated heterocycles. The van der Waals surface area contributed by atoms with E-state index in [1.807, 2.05) is 12.1 Å². The highest BCUT2D eigenvalue weighted by atomic mass is 32.2. The van der Waals surface area contributed by atoms with Crippen LogP contribution < -0.4 is 10.9 Å². The number of rotatable bonds is 9. The number of carbonyl (C=O) groups is 2. The highest BCUT2D eigenvalue weighted by molar-refractivity contribution is 7.99. The van der Waals surface area contributed by atoms with Crippen molar-refractivity contribution in [3.63, 3.8) is 0 Å². The molecule has 1 atom stereocenters. The third kappa shape index (κ3) is 5.80. The number of aromatic nitrogens is 2. The number of nitrogens with zero attached hydrogens (tertiary/aromatic N) is 2. The van der Waals surface area contributed by atoms with E-state index >= 15 is 0 Å². The smallest absolute Gasteiger partial charge is 0.305 e. The molecule has 1 aromatic heterocycles. The van der Waals surface area contributed by atoms with E-state index in [-0.39, 0.29) is 35.7 Å². The van der Waals surface area contributed by atoms with Gasteiger partial charge in [0.2, 0.25) is 5.91 Å². The van der Waals surface area contributed by atoms with Crippen molar-refractivity contribution < 1.29 is 19.1 Å². The SMILES string of the molecule is COC(=O)CCCNC(=O)CSc1nc2ccccc2c(=O)n1C[C@H]1CCCO1. The fourth-order valence-electron chi connectivity index (χ4n) is 3.15. The number of benzene rings is 1. The molecule has 9 heteroatoms. The van der Waals surface area contributed by atoms with Crippen LogP contribution in [0.3, 0.4) is 0 Å². The zero-order chi connectivity index (χ0) is 20.6. The van der Waals surface area contributed by atoms with Crippen molar-refractivity contribution in [2.75, 3.05) is 26.0 Å². The highest BCUT2D eigenvalue weighted by Crippen LogP contribution is 2.20. The Balaban J connectivity index is 1.67. The van der Waals surface area contributed by atoms with Crippen LogP contribution in [0.25, 0.3) is 10.9 Å². The van der Waals surface area contributed by atoms with E-state index in [0.717, 1.165) is 12.8 Å². The Morgan fingerprint density at radius 1 is 1.38 bits per heavy atom. The van der Waals surface area contributed by atoms with Crippen molar-refractivity contribution in [1.29, 1.82) is 0 Å². The number of esters is 1. The number of hydrogen-bond acceptors (Lipinski definition) is 7. The van der Waals surface area contributed by atoms with Crippen molar-refractivity contribution in [3.05, 3.63) is 34.6 Å². The first-order valence-electron chi connectivity index (χ1n) is 9.66. The predicted octanol–water partition coefficient (Wildman–Crippen LogP) is 1.74. The fourth-order valence-corrected chi connectivity index (χ4v) is 3.99. The number of thioether (sulfide) groups is 1. The number of carbonyl (C=O) groups excluding carboxylic acids is 2. The van der Waals surface area contributed by atoms with Crippen LogP contribution in [0.5, 0.6) is 0 Å². The summed E-state index contributed by atoms with van der Waals surface area (Å²) in [6, 6.07) is 7.21. The van der Waals surface area contributed by atoms with E-state index in [2.05, 4.69) is 15.0 Å². The average Bonchev–Trinajstić information content (AvgIpc) is 3.25. The molecule has 1 aliphatic heterocycles. The molecule has 2 heterocycles. The van der Waals surface area contributed by atoms with Gasteiger partial charge in [0, 0.05) is 19.6 Å². The van der Waals surface area contributed by atoms with E-state index in [4.69, 9.17) is 4.74 Å². The average molecular weight is 420 g/mol. The van der Waals surface area contributed by atoms with Gasteiger partial charge in [0.05, 0.1) is 36.4 Å². The molecule has 0 bridgehead atoms. The van der Waals surface area contributed by atoms with E-state index in [1.54, 1.807) is 16.7 Å². The number of amides is 1. The second kappa shape index (κ2) is 10.4. The Bertz CT molecular complexity index is 924. The Morgan fingerprint density at radius 3 is 2.97 bits per heavy atom. The zero-order valence-electron chi connectivity index (χ0n) is 16.4. The van der Waals surface area contributed by atoms with E-state index < -0.39 is 0 Å². The molecule has 0 spiro atoms. The molecular weight excluding hydrogens is 394 g/mol. The van der Waals surface area contributed by atoms with Gasteiger partial charge in [-0.3, -0.25) is 19.0 Å². The van der Waals surface area contributed by atoms with Crippen molar-refractivity contribution in [2.45, 2.75) is 43.5 Å². The van der Waals surface area contributed by atoms with E-state index in [0.29, 0.717) is 42.2 Å². The van der Waals surface area contributed by atoms with Crippen LogP contribution in [0.15, 0.2) is 34.2 Å². The molecule has 0 aliphatic carbocycles. The third-order valence-corrected chi connectivity index (χ3v) is 5.65. The molecule has 1 amide bonds. The Hall–Kier alpha value is -2.39. The lowest BCUT2D eigenvalue weighted by molar-refractivity contribution is -0.140. The Kier molecular flexibility index (Phi) is 7.65. The zero-order valence-corrected chi connectivity index (χ0v) is 17.2. The van der Waals surface area contributed by atoms with Gasteiger partial charge in [-0.05, 0) is 31.4 Å². The van der Waals surface area contributed by atoms with Crippen molar-refractivity contribution in [2.24, 2.45) is 0 Å². The second-order valence-electron chi connectivity index (χ2n) is 6.78. The minimum Gasteiger partial charge on any atom is -0.469 e. The van der Waals surface area contributed by atoms with E-state index in [1.165, 1.54) is 18.9 Å². The summed E-state index contributed by atoms with van der Waals surface area (Å²) < 4.78 is 11.9. The van der Waals surface area contributed by atoms with E-state index in [9.17, 15) is 14.4 Å². The molecule has 0 unspecified atom stereocenters. The van der Waals surface area contributed by atoms with Crippen LogP contribution in [0.2, 0.25) is 0 Å². The molecule has 0 saturated carbocycles. The molecule has 1 aliphatic rings. The standard InChI is InChI=1S/C20H25N3O5S/c1-27-18(25)9-4-10-21-17(24)13-29-20-22-16-8-3-2-7-15(16)19(26)23(20)12-14-6-5-11-28-14/h2-3,7-8,14H,4-6,9-13H2,1H3,(H,21,24)/t14-/m1/s1. The fraction of sp³-hybridized carbons (Fsp3) is 0.500. The van der Waals surface area contributed by atoms with Crippen LogP contribution in [-0.2, 0) is 25.6 Å². The lowest BCUT2D eigenvalue weighted by atomic mass is 10.2. The predicted molar refractivity (Wildman–Crippen MR) is 110 cm³/mol. The lowest BCUT2D eigenvalue weighted by Gasteiger charge is -2.16. The lowest BCUT2D eigenvalue weighted by Crippen LogP contribution is -2.30. The first kappa shape index (κ1) is 21.3. The summed E-state index contributed by atoms with van der Waals surface area (Å²) in [5.41, 5.74) is 0.495. The Morgan fingerprint density at radius 2 is 2.21 bits per heavy atom. The van der Waals surface area contributed by atoms with Gasteiger partial charge >= 0.3 is 5.97 Å². The molecule has 29 heavy (non-hydrogen) atoms. The first-order chi connectivity index (χ1) is 14.1. The first-order valence-corrected chi connectivity index (χ1v) is 10.6. The molecule has 156 valence electrons. The quantitative estimate of drug-likeness (QED) is 0.286. The number of ether oxygens (including phenoxy) is 2. The van der Waals surface area contributed by atoms with Crippen LogP contribution in [-0.4, -0.2) is 53.5 Å². The second-order valence-corrected chi connectivity index (χ2v) is 7.72. The molecule has 2 aromatic rings. The maximum atomic E-state index is 13.0. The summed E-state index contributed by atoms with van der Waals surface area (Å²) in [7, 11) is 1.34. The summed E-state index contributed by atoms with van der Waals surface area (Å²) in [6.45, 7) is 1.53. The minimum atomic E-state index is -0.299. The summed E-state index contributed by atoms with van der Waals surface area (Å²) in [5.74, 6) is -0.341.